The van der Waals surface area contributed by atoms with E-state index in [9.17, 15) is 18.4 Å². The van der Waals surface area contributed by atoms with E-state index in [1.807, 2.05) is 5.32 Å². The number of benzene rings is 2. The number of tetrazole rings is 1. The Hall–Kier alpha value is -3.44. The molecule has 1 aromatic heterocycles. The predicted octanol–water partition coefficient (Wildman–Crippen LogP) is 3.93. The highest BCUT2D eigenvalue weighted by atomic mass is 35.5. The molecule has 1 saturated heterocycles. The van der Waals surface area contributed by atoms with E-state index in [1.165, 1.54) is 16.9 Å². The van der Waals surface area contributed by atoms with Crippen LogP contribution in [-0.4, -0.2) is 38.8 Å². The number of nitrogens with zero attached hydrogens (tertiary/aromatic N) is 4. The van der Waals surface area contributed by atoms with Crippen molar-refractivity contribution in [1.82, 2.24) is 25.5 Å². The van der Waals surface area contributed by atoms with Gasteiger partial charge in [-0.05, 0) is 54.8 Å². The molecule has 1 unspecified atom stereocenters. The lowest BCUT2D eigenvalue weighted by atomic mass is 10.2. The monoisotopic (exact) mass is 462 g/mol. The number of hydrogen-bond acceptors (Lipinski definition) is 6. The molecular weight excluding hydrogens is 446 g/mol. The molecule has 0 bridgehead atoms. The van der Waals surface area contributed by atoms with Gasteiger partial charge in [0, 0.05) is 12.2 Å². The van der Waals surface area contributed by atoms with Crippen molar-refractivity contribution in [3.63, 3.8) is 0 Å². The average molecular weight is 463 g/mol. The van der Waals surface area contributed by atoms with Gasteiger partial charge in [0.15, 0.2) is 6.23 Å². The number of hydrogen-bond donors (Lipinski definition) is 2. The number of ether oxygens (including phenoxy) is 1. The zero-order chi connectivity index (χ0) is 22.7. The van der Waals surface area contributed by atoms with E-state index in [4.69, 9.17) is 16.3 Å². The second-order valence-corrected chi connectivity index (χ2v) is 7.36. The molecule has 0 aliphatic carbocycles. The van der Waals surface area contributed by atoms with Gasteiger partial charge in [-0.15, -0.1) is 15.0 Å². The molecule has 2 heterocycles. The first-order chi connectivity index (χ1) is 15.4. The van der Waals surface area contributed by atoms with E-state index in [1.54, 1.807) is 6.07 Å². The minimum atomic E-state index is -1.23. The van der Waals surface area contributed by atoms with Crippen molar-refractivity contribution in [3.05, 3.63) is 58.6 Å². The molecule has 32 heavy (non-hydrogen) atoms. The molecule has 3 amide bonds. The lowest BCUT2D eigenvalue weighted by molar-refractivity contribution is -0.0488. The lowest BCUT2D eigenvalue weighted by Gasteiger charge is -2.20. The highest BCUT2D eigenvalue weighted by Gasteiger charge is 2.21. The quantitative estimate of drug-likeness (QED) is 0.607. The molecule has 1 atom stereocenters. The number of urea groups is 1. The van der Waals surface area contributed by atoms with Gasteiger partial charge in [-0.1, -0.05) is 17.7 Å². The predicted molar refractivity (Wildman–Crippen MR) is 110 cm³/mol. The fraction of sp³-hybridized carbons (Fsp3) is 0.250. The summed E-state index contributed by atoms with van der Waals surface area (Å²) in [5.41, 5.74) is -0.148. The summed E-state index contributed by atoms with van der Waals surface area (Å²) in [6, 6.07) is 6.51. The largest absolute Gasteiger partial charge is 0.355 e. The Labute approximate surface area is 185 Å². The van der Waals surface area contributed by atoms with Crippen LogP contribution in [0.1, 0.15) is 35.8 Å². The number of anilines is 1. The first kappa shape index (κ1) is 21.8. The Bertz CT molecular complexity index is 1150. The van der Waals surface area contributed by atoms with Crippen molar-refractivity contribution in [2.75, 3.05) is 11.9 Å². The number of nitrogens with one attached hydrogen (secondary N) is 2. The van der Waals surface area contributed by atoms with E-state index in [2.05, 4.69) is 20.7 Å². The number of aromatic nitrogens is 4. The summed E-state index contributed by atoms with van der Waals surface area (Å²) in [5, 5.41) is 16.7. The summed E-state index contributed by atoms with van der Waals surface area (Å²) in [6.07, 6.45) is 2.55. The average Bonchev–Trinajstić information content (AvgIpc) is 3.26. The molecule has 4 rings (SSSR count). The van der Waals surface area contributed by atoms with Crippen molar-refractivity contribution in [2.45, 2.75) is 25.5 Å². The van der Waals surface area contributed by atoms with Crippen LogP contribution in [0.25, 0.3) is 11.4 Å². The Balaban J connectivity index is 1.43. The Kier molecular flexibility index (Phi) is 6.37. The maximum absolute atomic E-state index is 13.7. The van der Waals surface area contributed by atoms with Crippen LogP contribution in [0.5, 0.6) is 0 Å². The fourth-order valence-electron chi connectivity index (χ4n) is 3.16. The number of halogens is 3. The highest BCUT2D eigenvalue weighted by molar-refractivity contribution is 6.34. The Morgan fingerprint density at radius 3 is 2.62 bits per heavy atom. The molecule has 3 aromatic rings. The maximum Gasteiger partial charge on any atom is 0.326 e. The van der Waals surface area contributed by atoms with Crippen molar-refractivity contribution in [3.8, 4) is 11.4 Å². The lowest BCUT2D eigenvalue weighted by Crippen LogP contribution is -2.35. The van der Waals surface area contributed by atoms with Gasteiger partial charge in [-0.2, -0.15) is 0 Å². The second kappa shape index (κ2) is 9.37. The summed E-state index contributed by atoms with van der Waals surface area (Å²) in [5.74, 6) is -3.08. The minimum Gasteiger partial charge on any atom is -0.355 e. The molecule has 2 aromatic carbocycles. The molecule has 0 spiro atoms. The van der Waals surface area contributed by atoms with Crippen LogP contribution in [0.2, 0.25) is 5.02 Å². The number of rotatable bonds is 4. The molecule has 2 N–H and O–H groups in total. The minimum absolute atomic E-state index is 0.132. The van der Waals surface area contributed by atoms with Crippen LogP contribution in [0.15, 0.2) is 36.4 Å². The van der Waals surface area contributed by atoms with Crippen molar-refractivity contribution < 1.29 is 23.1 Å². The zero-order valence-electron chi connectivity index (χ0n) is 16.5. The van der Waals surface area contributed by atoms with Crippen LogP contribution in [0, 0.1) is 11.6 Å². The Morgan fingerprint density at radius 1 is 1.16 bits per heavy atom. The second-order valence-electron chi connectivity index (χ2n) is 6.95. The van der Waals surface area contributed by atoms with Crippen LogP contribution < -0.4 is 10.6 Å². The summed E-state index contributed by atoms with van der Waals surface area (Å²) in [4.78, 5) is 25.5. The van der Waals surface area contributed by atoms with Gasteiger partial charge in [0.25, 0.3) is 5.91 Å². The molecule has 1 aliphatic rings. The highest BCUT2D eigenvalue weighted by Crippen LogP contribution is 2.28. The molecule has 0 radical (unpaired) electrons. The summed E-state index contributed by atoms with van der Waals surface area (Å²) in [6.45, 7) is 0.641. The molecule has 1 fully saturated rings. The van der Waals surface area contributed by atoms with Crippen LogP contribution in [-0.2, 0) is 4.74 Å². The van der Waals surface area contributed by atoms with E-state index in [-0.39, 0.29) is 16.9 Å². The summed E-state index contributed by atoms with van der Waals surface area (Å²) < 4.78 is 33.0. The van der Waals surface area contributed by atoms with E-state index < -0.39 is 29.1 Å². The van der Waals surface area contributed by atoms with Crippen LogP contribution >= 0.6 is 11.6 Å². The molecule has 0 saturated carbocycles. The number of carbonyl (C=O) groups excluding carboxylic acids is 2. The normalized spacial score (nSPS) is 15.9. The summed E-state index contributed by atoms with van der Waals surface area (Å²) >= 11 is 6.23. The Morgan fingerprint density at radius 2 is 1.94 bits per heavy atom. The van der Waals surface area contributed by atoms with Crippen molar-refractivity contribution in [1.29, 1.82) is 0 Å². The zero-order valence-corrected chi connectivity index (χ0v) is 17.3. The standard InChI is InChI=1S/C20H17ClF2N6O3/c21-12-10-11(18-26-28-29(27-18)16-6-1-2-9-32-16)7-8-15(12)24-20(31)25-19(30)17-13(22)4-3-5-14(17)23/h3-5,7-8,10,16H,1-2,6,9H2,(H2,24,25,30,31). The molecular formula is C20H17ClF2N6O3. The molecule has 1 aliphatic heterocycles. The SMILES string of the molecule is O=C(NC(=O)c1c(F)cccc1F)Nc1ccc(-c2nnn(C3CCCCO3)n2)cc1Cl. The molecule has 166 valence electrons. The number of amides is 3. The van der Waals surface area contributed by atoms with E-state index in [0.29, 0.717) is 18.0 Å². The van der Waals surface area contributed by atoms with E-state index in [0.717, 1.165) is 37.5 Å². The third-order valence-electron chi connectivity index (χ3n) is 4.73. The topological polar surface area (TPSA) is 111 Å². The molecule has 12 heteroatoms. The van der Waals surface area contributed by atoms with Gasteiger partial charge < -0.3 is 10.1 Å². The smallest absolute Gasteiger partial charge is 0.326 e. The van der Waals surface area contributed by atoms with Crippen LogP contribution in [0.4, 0.5) is 19.3 Å². The van der Waals surface area contributed by atoms with E-state index >= 15 is 0 Å². The van der Waals surface area contributed by atoms with Crippen molar-refractivity contribution >= 4 is 29.2 Å². The third-order valence-corrected chi connectivity index (χ3v) is 5.05. The third kappa shape index (κ3) is 4.73. The van der Waals surface area contributed by atoms with Gasteiger partial charge >= 0.3 is 6.03 Å². The van der Waals surface area contributed by atoms with Gasteiger partial charge in [0.1, 0.15) is 17.2 Å². The summed E-state index contributed by atoms with van der Waals surface area (Å²) in [7, 11) is 0. The number of imide groups is 1. The van der Waals surface area contributed by atoms with Gasteiger partial charge in [0.05, 0.1) is 10.7 Å². The van der Waals surface area contributed by atoms with Crippen molar-refractivity contribution in [2.24, 2.45) is 0 Å². The van der Waals surface area contributed by atoms with Crippen LogP contribution in [0.3, 0.4) is 0 Å². The maximum atomic E-state index is 13.7. The fourth-order valence-corrected chi connectivity index (χ4v) is 3.39. The first-order valence-corrected chi connectivity index (χ1v) is 10.1. The van der Waals surface area contributed by atoms with Gasteiger partial charge in [-0.3, -0.25) is 10.1 Å². The molecule has 9 nitrogen and oxygen atoms in total. The first-order valence-electron chi connectivity index (χ1n) is 9.70. The number of carbonyl (C=O) groups is 2. The van der Waals surface area contributed by atoms with Gasteiger partial charge in [-0.25, -0.2) is 13.6 Å². The van der Waals surface area contributed by atoms with Gasteiger partial charge in [0.2, 0.25) is 5.82 Å².